The fraction of sp³-hybridized carbons (Fsp3) is 0.857. The first-order chi connectivity index (χ1) is 5.25. The van der Waals surface area contributed by atoms with E-state index in [4.69, 9.17) is 0 Å². The molecular formula is C7H14N2O2. The van der Waals surface area contributed by atoms with Crippen LogP contribution in [0.4, 0.5) is 0 Å². The molecule has 64 valence electrons. The molecule has 1 rings (SSSR count). The maximum absolute atomic E-state index is 11.1. The van der Waals surface area contributed by atoms with E-state index in [1.165, 1.54) is 7.11 Å². The van der Waals surface area contributed by atoms with Gasteiger partial charge in [0.2, 0.25) is 0 Å². The predicted octanol–water partition coefficient (Wildman–Crippen LogP) is -0.891. The number of ether oxygens (including phenoxy) is 1. The Morgan fingerprint density at radius 3 is 2.64 bits per heavy atom. The van der Waals surface area contributed by atoms with Gasteiger partial charge in [-0.2, -0.15) is 0 Å². The summed E-state index contributed by atoms with van der Waals surface area (Å²) in [5, 5.41) is 6.27. The fourth-order valence-corrected chi connectivity index (χ4v) is 1.24. The molecule has 0 aromatic rings. The molecular weight excluding hydrogens is 144 g/mol. The van der Waals surface area contributed by atoms with E-state index >= 15 is 0 Å². The minimum atomic E-state index is -0.190. The number of piperazine rings is 1. The Labute approximate surface area is 66.3 Å². The second-order valence-electron chi connectivity index (χ2n) is 2.70. The lowest BCUT2D eigenvalue weighted by atomic mass is 10.1. The number of esters is 1. The monoisotopic (exact) mass is 158 g/mol. The largest absolute Gasteiger partial charge is 0.468 e. The Kier molecular flexibility index (Phi) is 2.84. The van der Waals surface area contributed by atoms with Gasteiger partial charge in [0.15, 0.2) is 0 Å². The van der Waals surface area contributed by atoms with Gasteiger partial charge in [-0.25, -0.2) is 0 Å². The molecule has 1 heterocycles. The SMILES string of the molecule is COC(=O)[C@@H]1NCCN[C@@H]1C. The highest BCUT2D eigenvalue weighted by Crippen LogP contribution is 1.98. The van der Waals surface area contributed by atoms with Crippen molar-refractivity contribution in [1.29, 1.82) is 0 Å². The van der Waals surface area contributed by atoms with Gasteiger partial charge in [0.1, 0.15) is 6.04 Å². The number of hydrogen-bond acceptors (Lipinski definition) is 4. The highest BCUT2D eigenvalue weighted by Gasteiger charge is 2.27. The zero-order valence-electron chi connectivity index (χ0n) is 6.89. The van der Waals surface area contributed by atoms with Crippen LogP contribution in [0.15, 0.2) is 0 Å². The van der Waals surface area contributed by atoms with Crippen molar-refractivity contribution in [2.75, 3.05) is 20.2 Å². The van der Waals surface area contributed by atoms with Crippen LogP contribution in [0.5, 0.6) is 0 Å². The highest BCUT2D eigenvalue weighted by atomic mass is 16.5. The third-order valence-electron chi connectivity index (χ3n) is 1.91. The van der Waals surface area contributed by atoms with E-state index < -0.39 is 0 Å². The van der Waals surface area contributed by atoms with Gasteiger partial charge in [-0.1, -0.05) is 0 Å². The summed E-state index contributed by atoms with van der Waals surface area (Å²) in [6, 6.07) is -0.0232. The summed E-state index contributed by atoms with van der Waals surface area (Å²) in [5.74, 6) is -0.190. The molecule has 4 heteroatoms. The van der Waals surface area contributed by atoms with Gasteiger partial charge in [0, 0.05) is 19.1 Å². The number of methoxy groups -OCH3 is 1. The zero-order valence-corrected chi connectivity index (χ0v) is 6.89. The van der Waals surface area contributed by atoms with Crippen LogP contribution in [0.1, 0.15) is 6.92 Å². The maximum Gasteiger partial charge on any atom is 0.324 e. The van der Waals surface area contributed by atoms with Crippen molar-refractivity contribution in [2.45, 2.75) is 19.0 Å². The minimum absolute atomic E-state index is 0.163. The topological polar surface area (TPSA) is 50.4 Å². The summed E-state index contributed by atoms with van der Waals surface area (Å²) in [4.78, 5) is 11.1. The Morgan fingerprint density at radius 2 is 2.09 bits per heavy atom. The quantitative estimate of drug-likeness (QED) is 0.486. The van der Waals surface area contributed by atoms with Crippen molar-refractivity contribution in [1.82, 2.24) is 10.6 Å². The molecule has 2 atom stereocenters. The lowest BCUT2D eigenvalue weighted by Gasteiger charge is -2.28. The van der Waals surface area contributed by atoms with Gasteiger partial charge in [0.05, 0.1) is 7.11 Å². The van der Waals surface area contributed by atoms with Crippen LogP contribution >= 0.6 is 0 Å². The van der Waals surface area contributed by atoms with Gasteiger partial charge < -0.3 is 15.4 Å². The molecule has 2 N–H and O–H groups in total. The van der Waals surface area contributed by atoms with Crippen LogP contribution in [-0.2, 0) is 9.53 Å². The summed E-state index contributed by atoms with van der Waals surface area (Å²) >= 11 is 0. The molecule has 1 saturated heterocycles. The third-order valence-corrected chi connectivity index (χ3v) is 1.91. The molecule has 0 amide bonds. The highest BCUT2D eigenvalue weighted by molar-refractivity contribution is 5.76. The molecule has 1 aliphatic rings. The molecule has 0 saturated carbocycles. The second-order valence-corrected chi connectivity index (χ2v) is 2.70. The molecule has 0 radical (unpaired) electrons. The van der Waals surface area contributed by atoms with E-state index in [-0.39, 0.29) is 18.1 Å². The summed E-state index contributed by atoms with van der Waals surface area (Å²) < 4.78 is 4.62. The van der Waals surface area contributed by atoms with Crippen LogP contribution in [0.3, 0.4) is 0 Å². The molecule has 0 unspecified atom stereocenters. The molecule has 11 heavy (non-hydrogen) atoms. The van der Waals surface area contributed by atoms with Crippen LogP contribution in [0.25, 0.3) is 0 Å². The average molecular weight is 158 g/mol. The zero-order chi connectivity index (χ0) is 8.27. The van der Waals surface area contributed by atoms with Crippen LogP contribution in [0, 0.1) is 0 Å². The first-order valence-corrected chi connectivity index (χ1v) is 3.80. The lowest BCUT2D eigenvalue weighted by Crippen LogP contribution is -2.58. The van der Waals surface area contributed by atoms with Gasteiger partial charge in [-0.3, -0.25) is 4.79 Å². The summed E-state index contributed by atoms with van der Waals surface area (Å²) in [7, 11) is 1.41. The Morgan fingerprint density at radius 1 is 1.45 bits per heavy atom. The van der Waals surface area contributed by atoms with E-state index in [2.05, 4.69) is 15.4 Å². The first kappa shape index (κ1) is 8.49. The molecule has 0 bridgehead atoms. The second kappa shape index (κ2) is 3.69. The number of carbonyl (C=O) groups is 1. The van der Waals surface area contributed by atoms with Crippen molar-refractivity contribution in [3.8, 4) is 0 Å². The van der Waals surface area contributed by atoms with Crippen LogP contribution < -0.4 is 10.6 Å². The smallest absolute Gasteiger partial charge is 0.324 e. The van der Waals surface area contributed by atoms with E-state index in [1.807, 2.05) is 6.92 Å². The Balaban J connectivity index is 2.47. The minimum Gasteiger partial charge on any atom is -0.468 e. The lowest BCUT2D eigenvalue weighted by molar-refractivity contribution is -0.144. The molecule has 1 fully saturated rings. The third kappa shape index (κ3) is 1.91. The Bertz CT molecular complexity index is 149. The van der Waals surface area contributed by atoms with Gasteiger partial charge in [-0.05, 0) is 6.92 Å². The summed E-state index contributed by atoms with van der Waals surface area (Å²) in [6.45, 7) is 3.70. The standard InChI is InChI=1S/C7H14N2O2/c1-5-6(7(10)11-2)9-4-3-8-5/h5-6,8-9H,3-4H2,1-2H3/t5-,6-/m1/s1. The van der Waals surface area contributed by atoms with E-state index in [0.29, 0.717) is 0 Å². The normalized spacial score (nSPS) is 31.5. The number of nitrogens with one attached hydrogen (secondary N) is 2. The average Bonchev–Trinajstić information content (AvgIpc) is 2.04. The summed E-state index contributed by atoms with van der Waals surface area (Å²) in [6.07, 6.45) is 0. The van der Waals surface area contributed by atoms with E-state index in [1.54, 1.807) is 0 Å². The van der Waals surface area contributed by atoms with Crippen molar-refractivity contribution in [3.63, 3.8) is 0 Å². The predicted molar refractivity (Wildman–Crippen MR) is 41.3 cm³/mol. The Hall–Kier alpha value is -0.610. The van der Waals surface area contributed by atoms with Gasteiger partial charge in [-0.15, -0.1) is 0 Å². The van der Waals surface area contributed by atoms with Crippen LogP contribution in [0.2, 0.25) is 0 Å². The fourth-order valence-electron chi connectivity index (χ4n) is 1.24. The number of carbonyl (C=O) groups excluding carboxylic acids is 1. The first-order valence-electron chi connectivity index (χ1n) is 3.80. The van der Waals surface area contributed by atoms with Crippen LogP contribution in [-0.4, -0.2) is 38.3 Å². The maximum atomic E-state index is 11.1. The molecule has 4 nitrogen and oxygen atoms in total. The van der Waals surface area contributed by atoms with Crippen molar-refractivity contribution in [2.24, 2.45) is 0 Å². The van der Waals surface area contributed by atoms with Crippen molar-refractivity contribution >= 4 is 5.97 Å². The summed E-state index contributed by atoms with van der Waals surface area (Å²) in [5.41, 5.74) is 0. The van der Waals surface area contributed by atoms with Gasteiger partial charge in [0.25, 0.3) is 0 Å². The number of rotatable bonds is 1. The van der Waals surface area contributed by atoms with Crippen molar-refractivity contribution in [3.05, 3.63) is 0 Å². The molecule has 0 aromatic carbocycles. The van der Waals surface area contributed by atoms with E-state index in [9.17, 15) is 4.79 Å². The molecule has 0 aromatic heterocycles. The van der Waals surface area contributed by atoms with E-state index in [0.717, 1.165) is 13.1 Å². The molecule has 0 aliphatic carbocycles. The number of hydrogen-bond donors (Lipinski definition) is 2. The molecule has 0 spiro atoms. The molecule has 1 aliphatic heterocycles. The van der Waals surface area contributed by atoms with Gasteiger partial charge >= 0.3 is 5.97 Å². The van der Waals surface area contributed by atoms with Crippen molar-refractivity contribution < 1.29 is 9.53 Å².